The molecule has 4 aromatic rings. The molecule has 2 N–H and O–H groups in total. The van der Waals surface area contributed by atoms with Gasteiger partial charge in [0.05, 0.1) is 16.8 Å². The van der Waals surface area contributed by atoms with Crippen molar-refractivity contribution in [2.24, 2.45) is 12.8 Å². The fourth-order valence-electron chi connectivity index (χ4n) is 4.28. The van der Waals surface area contributed by atoms with Gasteiger partial charge in [0.25, 0.3) is 0 Å². The van der Waals surface area contributed by atoms with E-state index >= 15 is 0 Å². The van der Waals surface area contributed by atoms with Crippen LogP contribution in [-0.4, -0.2) is 33.9 Å². The lowest BCUT2D eigenvalue weighted by Gasteiger charge is -2.31. The number of aryl methyl sites for hydroxylation is 1. The summed E-state index contributed by atoms with van der Waals surface area (Å²) in [6, 6.07) is 16.9. The van der Waals surface area contributed by atoms with E-state index < -0.39 is 5.82 Å². The topological polar surface area (TPSA) is 83.8 Å². The van der Waals surface area contributed by atoms with Crippen LogP contribution in [0.1, 0.15) is 18.4 Å². The van der Waals surface area contributed by atoms with Crippen molar-refractivity contribution in [3.63, 3.8) is 0 Å². The molecule has 3 heterocycles. The largest absolute Gasteiger partial charge is 0.356 e. The lowest BCUT2D eigenvalue weighted by Crippen LogP contribution is -2.40. The molecule has 5 rings (SSSR count). The Morgan fingerprint density at radius 3 is 2.59 bits per heavy atom. The average molecular weight is 426 g/mol. The average Bonchev–Trinajstić information content (AvgIpc) is 3.18. The molecule has 2 aromatic heterocycles. The van der Waals surface area contributed by atoms with E-state index in [-0.39, 0.29) is 11.6 Å². The highest BCUT2D eigenvalue weighted by molar-refractivity contribution is 5.89. The van der Waals surface area contributed by atoms with Gasteiger partial charge in [-0.25, -0.2) is 9.37 Å². The highest BCUT2D eigenvalue weighted by Crippen LogP contribution is 2.35. The Balaban J connectivity index is 1.64. The second-order valence-corrected chi connectivity index (χ2v) is 8.27. The molecule has 0 atom stereocenters. The number of pyridine rings is 1. The van der Waals surface area contributed by atoms with Crippen molar-refractivity contribution in [2.75, 3.05) is 18.0 Å². The van der Waals surface area contributed by atoms with Gasteiger partial charge in [0, 0.05) is 48.9 Å². The van der Waals surface area contributed by atoms with Crippen LogP contribution in [0.4, 0.5) is 10.2 Å². The summed E-state index contributed by atoms with van der Waals surface area (Å²) in [5.74, 6) is 0.303. The minimum Gasteiger partial charge on any atom is -0.356 e. The zero-order chi connectivity index (χ0) is 22.2. The molecule has 32 heavy (non-hydrogen) atoms. The number of halogens is 1. The molecule has 7 heteroatoms. The summed E-state index contributed by atoms with van der Waals surface area (Å²) in [7, 11) is 1.89. The number of rotatable bonds is 3. The van der Waals surface area contributed by atoms with Crippen LogP contribution in [0.2, 0.25) is 0 Å². The summed E-state index contributed by atoms with van der Waals surface area (Å²) in [5, 5.41) is 14.6. The first-order valence-electron chi connectivity index (χ1n) is 10.7. The third-order valence-corrected chi connectivity index (χ3v) is 6.04. The van der Waals surface area contributed by atoms with Crippen molar-refractivity contribution in [1.82, 2.24) is 14.8 Å². The summed E-state index contributed by atoms with van der Waals surface area (Å²) in [6.45, 7) is 1.69. The molecule has 160 valence electrons. The van der Waals surface area contributed by atoms with Crippen LogP contribution >= 0.6 is 0 Å². The number of hydrogen-bond donors (Lipinski definition) is 1. The van der Waals surface area contributed by atoms with E-state index in [2.05, 4.69) is 16.1 Å². The standard InChI is InChI=1S/C25H23FN6/c1-31-15-19-12-16(4-6-23(19)30-31)21-5-7-24(32-10-8-20(28)9-11-32)29-25(21)17-2-3-18(14-27)22(26)13-17/h2-7,12-13,15,20H,8-11,28H2,1H3. The number of fused-ring (bicyclic) bond motifs is 1. The van der Waals surface area contributed by atoms with E-state index in [0.717, 1.165) is 53.8 Å². The van der Waals surface area contributed by atoms with Gasteiger partial charge in [-0.05, 0) is 54.8 Å². The normalized spacial score (nSPS) is 14.6. The summed E-state index contributed by atoms with van der Waals surface area (Å²) in [6.07, 6.45) is 3.81. The number of nitrogens with zero attached hydrogens (tertiary/aromatic N) is 5. The van der Waals surface area contributed by atoms with Gasteiger partial charge >= 0.3 is 0 Å². The lowest BCUT2D eigenvalue weighted by atomic mass is 9.97. The Morgan fingerprint density at radius 2 is 1.84 bits per heavy atom. The first kappa shape index (κ1) is 20.2. The second kappa shape index (κ2) is 8.06. The van der Waals surface area contributed by atoms with Crippen molar-refractivity contribution < 1.29 is 4.39 Å². The molecule has 1 fully saturated rings. The molecule has 1 aliphatic heterocycles. The number of hydrogen-bond acceptors (Lipinski definition) is 5. The van der Waals surface area contributed by atoms with Gasteiger partial charge in [-0.1, -0.05) is 12.1 Å². The van der Waals surface area contributed by atoms with Crippen molar-refractivity contribution in [3.8, 4) is 28.5 Å². The Kier molecular flexibility index (Phi) is 5.08. The maximum absolute atomic E-state index is 14.5. The molecule has 1 aliphatic rings. The van der Waals surface area contributed by atoms with E-state index in [0.29, 0.717) is 11.3 Å². The van der Waals surface area contributed by atoms with Gasteiger partial charge in [-0.15, -0.1) is 0 Å². The zero-order valence-corrected chi connectivity index (χ0v) is 17.8. The molecule has 1 saturated heterocycles. The summed E-state index contributed by atoms with van der Waals surface area (Å²) >= 11 is 0. The quantitative estimate of drug-likeness (QED) is 0.530. The van der Waals surface area contributed by atoms with E-state index in [4.69, 9.17) is 16.0 Å². The van der Waals surface area contributed by atoms with E-state index in [1.54, 1.807) is 10.7 Å². The minimum absolute atomic E-state index is 0.0215. The van der Waals surface area contributed by atoms with Crippen LogP contribution in [-0.2, 0) is 7.05 Å². The Bertz CT molecular complexity index is 1340. The molecule has 0 unspecified atom stereocenters. The van der Waals surface area contributed by atoms with Gasteiger partial charge in [-0.2, -0.15) is 10.4 Å². The third-order valence-electron chi connectivity index (χ3n) is 6.04. The molecule has 0 bridgehead atoms. The van der Waals surface area contributed by atoms with Crippen LogP contribution in [0.15, 0.2) is 54.7 Å². The van der Waals surface area contributed by atoms with Crippen LogP contribution < -0.4 is 10.6 Å². The highest BCUT2D eigenvalue weighted by Gasteiger charge is 2.20. The first-order chi connectivity index (χ1) is 15.5. The summed E-state index contributed by atoms with van der Waals surface area (Å²) in [5.41, 5.74) is 10.2. The Morgan fingerprint density at radius 1 is 1.06 bits per heavy atom. The molecule has 0 amide bonds. The fourth-order valence-corrected chi connectivity index (χ4v) is 4.28. The smallest absolute Gasteiger partial charge is 0.141 e. The van der Waals surface area contributed by atoms with Crippen LogP contribution in [0.3, 0.4) is 0 Å². The van der Waals surface area contributed by atoms with Crippen molar-refractivity contribution in [1.29, 1.82) is 5.26 Å². The maximum Gasteiger partial charge on any atom is 0.141 e. The molecule has 6 nitrogen and oxygen atoms in total. The van der Waals surface area contributed by atoms with Gasteiger partial charge < -0.3 is 10.6 Å². The second-order valence-electron chi connectivity index (χ2n) is 8.27. The van der Waals surface area contributed by atoms with Gasteiger partial charge in [0.15, 0.2) is 0 Å². The summed E-state index contributed by atoms with van der Waals surface area (Å²) < 4.78 is 16.3. The Hall–Kier alpha value is -3.76. The zero-order valence-electron chi connectivity index (χ0n) is 17.8. The maximum atomic E-state index is 14.5. The third kappa shape index (κ3) is 3.70. The number of benzene rings is 2. The fraction of sp³-hybridized carbons (Fsp3) is 0.240. The van der Waals surface area contributed by atoms with Crippen LogP contribution in [0, 0.1) is 17.1 Å². The number of anilines is 1. The van der Waals surface area contributed by atoms with E-state index in [1.807, 2.05) is 43.6 Å². The number of nitrogens with two attached hydrogens (primary N) is 1. The van der Waals surface area contributed by atoms with E-state index in [9.17, 15) is 4.39 Å². The molecule has 0 aliphatic carbocycles. The predicted octanol–water partition coefficient (Wildman–Crippen LogP) is 4.24. The lowest BCUT2D eigenvalue weighted by molar-refractivity contribution is 0.499. The van der Waals surface area contributed by atoms with Crippen molar-refractivity contribution in [3.05, 3.63) is 66.1 Å². The van der Waals surface area contributed by atoms with Gasteiger partial charge in [0.2, 0.25) is 0 Å². The molecule has 0 radical (unpaired) electrons. The molecule has 0 saturated carbocycles. The monoisotopic (exact) mass is 426 g/mol. The van der Waals surface area contributed by atoms with Gasteiger partial charge in [0.1, 0.15) is 17.7 Å². The van der Waals surface area contributed by atoms with Crippen molar-refractivity contribution >= 4 is 16.7 Å². The Labute approximate surface area is 185 Å². The molecule has 2 aromatic carbocycles. The molecular weight excluding hydrogens is 403 g/mol. The number of piperidine rings is 1. The number of nitriles is 1. The predicted molar refractivity (Wildman–Crippen MR) is 123 cm³/mol. The SMILES string of the molecule is Cn1cc2cc(-c3ccc(N4CCC(N)CC4)nc3-c3ccc(C#N)c(F)c3)ccc2n1. The number of aromatic nitrogens is 3. The first-order valence-corrected chi connectivity index (χ1v) is 10.7. The molecule has 0 spiro atoms. The minimum atomic E-state index is -0.546. The summed E-state index contributed by atoms with van der Waals surface area (Å²) in [4.78, 5) is 7.19. The van der Waals surface area contributed by atoms with Crippen molar-refractivity contribution in [2.45, 2.75) is 18.9 Å². The van der Waals surface area contributed by atoms with Crippen LogP contribution in [0.5, 0.6) is 0 Å². The van der Waals surface area contributed by atoms with E-state index in [1.165, 1.54) is 12.1 Å². The molecular formula is C25H23FN6. The van der Waals surface area contributed by atoms with Gasteiger partial charge in [-0.3, -0.25) is 4.68 Å². The highest BCUT2D eigenvalue weighted by atomic mass is 19.1. The van der Waals surface area contributed by atoms with Crippen LogP contribution in [0.25, 0.3) is 33.3 Å².